The first-order chi connectivity index (χ1) is 8.99. The molecule has 0 aliphatic rings. The summed E-state index contributed by atoms with van der Waals surface area (Å²) in [5.74, 6) is -0.888. The largest absolute Gasteiger partial charge is 0.261 e. The van der Waals surface area contributed by atoms with Crippen LogP contribution in [0.4, 0.5) is 4.39 Å². The molecule has 1 heterocycles. The molecule has 2 aromatic rings. The van der Waals surface area contributed by atoms with E-state index in [9.17, 15) is 12.8 Å². The topological polar surface area (TPSA) is 59.1 Å². The number of sulfonamides is 1. The van der Waals surface area contributed by atoms with Crippen LogP contribution in [-0.2, 0) is 16.6 Å². The Morgan fingerprint density at radius 3 is 2.74 bits per heavy atom. The Hall–Kier alpha value is -1.50. The molecule has 0 radical (unpaired) electrons. The SMILES string of the molecule is O=S(=O)(NCc1cccc(Cl)c1)c1ncccc1F. The van der Waals surface area contributed by atoms with Crippen molar-refractivity contribution in [1.82, 2.24) is 9.71 Å². The Labute approximate surface area is 115 Å². The number of benzene rings is 1. The Morgan fingerprint density at radius 1 is 1.26 bits per heavy atom. The predicted octanol–water partition coefficient (Wildman–Crippen LogP) is 2.35. The van der Waals surface area contributed by atoms with Crippen LogP contribution in [-0.4, -0.2) is 13.4 Å². The standard InChI is InChI=1S/C12H10ClFN2O2S/c13-10-4-1-3-9(7-10)8-16-19(17,18)12-11(14)5-2-6-15-12/h1-7,16H,8H2. The fourth-order valence-corrected chi connectivity index (χ4v) is 2.69. The molecule has 0 saturated carbocycles. The molecule has 7 heteroatoms. The van der Waals surface area contributed by atoms with Crippen molar-refractivity contribution < 1.29 is 12.8 Å². The van der Waals surface area contributed by atoms with E-state index in [1.165, 1.54) is 12.3 Å². The Morgan fingerprint density at radius 2 is 2.05 bits per heavy atom. The monoisotopic (exact) mass is 300 g/mol. The van der Waals surface area contributed by atoms with Gasteiger partial charge in [-0.1, -0.05) is 23.7 Å². The van der Waals surface area contributed by atoms with Crippen LogP contribution in [0, 0.1) is 5.82 Å². The number of hydrogen-bond donors (Lipinski definition) is 1. The number of pyridine rings is 1. The third kappa shape index (κ3) is 3.50. The van der Waals surface area contributed by atoms with Gasteiger partial charge in [-0.25, -0.2) is 22.5 Å². The van der Waals surface area contributed by atoms with Gasteiger partial charge >= 0.3 is 0 Å². The smallest absolute Gasteiger partial charge is 0.241 e. The number of nitrogens with zero attached hydrogens (tertiary/aromatic N) is 1. The number of hydrogen-bond acceptors (Lipinski definition) is 3. The molecule has 19 heavy (non-hydrogen) atoms. The highest BCUT2D eigenvalue weighted by Crippen LogP contribution is 2.13. The zero-order chi connectivity index (χ0) is 13.9. The zero-order valence-corrected chi connectivity index (χ0v) is 11.2. The lowest BCUT2D eigenvalue weighted by Gasteiger charge is -2.07. The molecule has 0 unspecified atom stereocenters. The van der Waals surface area contributed by atoms with Gasteiger partial charge in [-0.3, -0.25) is 0 Å². The molecule has 0 aliphatic heterocycles. The van der Waals surface area contributed by atoms with Gasteiger partial charge in [0.25, 0.3) is 10.0 Å². The van der Waals surface area contributed by atoms with Gasteiger partial charge in [0, 0.05) is 17.8 Å². The van der Waals surface area contributed by atoms with E-state index >= 15 is 0 Å². The first-order valence-corrected chi connectivity index (χ1v) is 7.20. The zero-order valence-electron chi connectivity index (χ0n) is 9.68. The minimum absolute atomic E-state index is 0.0128. The summed E-state index contributed by atoms with van der Waals surface area (Å²) in [6.07, 6.45) is 1.22. The molecular weight excluding hydrogens is 291 g/mol. The summed E-state index contributed by atoms with van der Waals surface area (Å²) in [6, 6.07) is 9.08. The third-order valence-corrected chi connectivity index (χ3v) is 3.90. The second-order valence-corrected chi connectivity index (χ2v) is 5.86. The maximum absolute atomic E-state index is 13.4. The molecule has 0 bridgehead atoms. The van der Waals surface area contributed by atoms with Crippen molar-refractivity contribution in [3.63, 3.8) is 0 Å². The van der Waals surface area contributed by atoms with Gasteiger partial charge in [0.1, 0.15) is 0 Å². The van der Waals surface area contributed by atoms with Gasteiger partial charge in [-0.15, -0.1) is 0 Å². The molecule has 4 nitrogen and oxygen atoms in total. The van der Waals surface area contributed by atoms with Crippen molar-refractivity contribution >= 4 is 21.6 Å². The van der Waals surface area contributed by atoms with Crippen LogP contribution in [0.5, 0.6) is 0 Å². The average molecular weight is 301 g/mol. The molecule has 1 N–H and O–H groups in total. The highest BCUT2D eigenvalue weighted by molar-refractivity contribution is 7.89. The summed E-state index contributed by atoms with van der Waals surface area (Å²) >= 11 is 5.79. The molecule has 0 fully saturated rings. The highest BCUT2D eigenvalue weighted by Gasteiger charge is 2.19. The maximum Gasteiger partial charge on any atom is 0.261 e. The second kappa shape index (κ2) is 5.64. The van der Waals surface area contributed by atoms with Gasteiger partial charge in [0.2, 0.25) is 5.03 Å². The predicted molar refractivity (Wildman–Crippen MR) is 69.7 cm³/mol. The average Bonchev–Trinajstić information content (AvgIpc) is 2.37. The van der Waals surface area contributed by atoms with Gasteiger partial charge in [-0.2, -0.15) is 0 Å². The Kier molecular flexibility index (Phi) is 4.14. The molecule has 1 aromatic carbocycles. The highest BCUT2D eigenvalue weighted by atomic mass is 35.5. The lowest BCUT2D eigenvalue weighted by Crippen LogP contribution is -2.25. The van der Waals surface area contributed by atoms with Gasteiger partial charge < -0.3 is 0 Å². The van der Waals surface area contributed by atoms with Crippen molar-refractivity contribution in [3.8, 4) is 0 Å². The van der Waals surface area contributed by atoms with Gasteiger partial charge in [-0.05, 0) is 29.8 Å². The van der Waals surface area contributed by atoms with Crippen LogP contribution in [0.15, 0.2) is 47.6 Å². The fourth-order valence-electron chi connectivity index (χ4n) is 1.46. The van der Waals surface area contributed by atoms with E-state index in [4.69, 9.17) is 11.6 Å². The van der Waals surface area contributed by atoms with Crippen molar-refractivity contribution in [2.45, 2.75) is 11.6 Å². The normalized spacial score (nSPS) is 11.5. The second-order valence-electron chi connectivity index (χ2n) is 3.74. The lowest BCUT2D eigenvalue weighted by molar-refractivity contribution is 0.544. The maximum atomic E-state index is 13.4. The summed E-state index contributed by atoms with van der Waals surface area (Å²) in [4.78, 5) is 3.53. The van der Waals surface area contributed by atoms with Crippen molar-refractivity contribution in [3.05, 3.63) is 59.0 Å². The van der Waals surface area contributed by atoms with Gasteiger partial charge in [0.15, 0.2) is 5.82 Å². The van der Waals surface area contributed by atoms with Crippen LogP contribution in [0.25, 0.3) is 0 Å². The van der Waals surface area contributed by atoms with E-state index in [0.29, 0.717) is 10.6 Å². The molecule has 0 atom stereocenters. The van der Waals surface area contributed by atoms with Gasteiger partial charge in [0.05, 0.1) is 0 Å². The van der Waals surface area contributed by atoms with Crippen molar-refractivity contribution in [1.29, 1.82) is 0 Å². The van der Waals surface area contributed by atoms with E-state index in [2.05, 4.69) is 9.71 Å². The van der Waals surface area contributed by atoms with E-state index in [-0.39, 0.29) is 6.54 Å². The fraction of sp³-hybridized carbons (Fsp3) is 0.0833. The minimum Gasteiger partial charge on any atom is -0.241 e. The molecule has 100 valence electrons. The Bertz CT molecular complexity index is 692. The first kappa shape index (κ1) is 13.9. The Balaban J connectivity index is 2.17. The molecule has 1 aromatic heterocycles. The van der Waals surface area contributed by atoms with Crippen LogP contribution in [0.3, 0.4) is 0 Å². The summed E-state index contributed by atoms with van der Waals surface area (Å²) < 4.78 is 39.4. The van der Waals surface area contributed by atoms with Crippen LogP contribution in [0.1, 0.15) is 5.56 Å². The van der Waals surface area contributed by atoms with E-state index in [1.807, 2.05) is 0 Å². The molecular formula is C12H10ClFN2O2S. The van der Waals surface area contributed by atoms with Crippen molar-refractivity contribution in [2.75, 3.05) is 0 Å². The number of rotatable bonds is 4. The number of nitrogens with one attached hydrogen (secondary N) is 1. The molecule has 0 spiro atoms. The lowest BCUT2D eigenvalue weighted by atomic mass is 10.2. The molecule has 2 rings (SSSR count). The minimum atomic E-state index is -3.98. The van der Waals surface area contributed by atoms with Crippen molar-refractivity contribution in [2.24, 2.45) is 0 Å². The van der Waals surface area contributed by atoms with E-state index in [1.54, 1.807) is 24.3 Å². The summed E-state index contributed by atoms with van der Waals surface area (Å²) in [5.41, 5.74) is 0.674. The summed E-state index contributed by atoms with van der Waals surface area (Å²) in [7, 11) is -3.98. The van der Waals surface area contributed by atoms with Crippen LogP contribution < -0.4 is 4.72 Å². The molecule has 0 amide bonds. The number of halogens is 2. The third-order valence-electron chi connectivity index (χ3n) is 2.33. The molecule has 0 saturated heterocycles. The van der Waals surface area contributed by atoms with E-state index in [0.717, 1.165) is 6.07 Å². The van der Waals surface area contributed by atoms with E-state index < -0.39 is 20.9 Å². The number of aromatic nitrogens is 1. The van der Waals surface area contributed by atoms with Crippen LogP contribution >= 0.6 is 11.6 Å². The quantitative estimate of drug-likeness (QED) is 0.943. The van der Waals surface area contributed by atoms with Crippen LogP contribution in [0.2, 0.25) is 5.02 Å². The first-order valence-electron chi connectivity index (χ1n) is 5.34. The summed E-state index contributed by atoms with van der Waals surface area (Å²) in [6.45, 7) is 0.0128. The molecule has 0 aliphatic carbocycles. The summed E-state index contributed by atoms with van der Waals surface area (Å²) in [5, 5.41) is -0.113.